The molecular formula is C8H10N2O. The molecule has 2 N–H and O–H groups in total. The van der Waals surface area contributed by atoms with Crippen molar-refractivity contribution in [2.24, 2.45) is 5.73 Å². The van der Waals surface area contributed by atoms with E-state index in [2.05, 4.69) is 4.98 Å². The van der Waals surface area contributed by atoms with Gasteiger partial charge in [0, 0.05) is 12.4 Å². The molecule has 0 aliphatic heterocycles. The quantitative estimate of drug-likeness (QED) is 0.674. The maximum Gasteiger partial charge on any atom is 0.150 e. The van der Waals surface area contributed by atoms with Crippen LogP contribution in [0.2, 0.25) is 0 Å². The van der Waals surface area contributed by atoms with Crippen LogP contribution in [0.15, 0.2) is 24.5 Å². The topological polar surface area (TPSA) is 56.0 Å². The Kier molecular flexibility index (Phi) is 2.33. The Morgan fingerprint density at radius 1 is 1.55 bits per heavy atom. The summed E-state index contributed by atoms with van der Waals surface area (Å²) in [6.07, 6.45) is 3.25. The van der Waals surface area contributed by atoms with Gasteiger partial charge >= 0.3 is 0 Å². The fraction of sp³-hybridized carbons (Fsp3) is 0.250. The number of hydrogen-bond donors (Lipinski definition) is 1. The van der Waals surface area contributed by atoms with Crippen LogP contribution in [0.4, 0.5) is 0 Å². The van der Waals surface area contributed by atoms with Crippen LogP contribution in [-0.4, -0.2) is 10.8 Å². The second-order valence-electron chi connectivity index (χ2n) is 2.37. The number of carbonyl (C=O) groups is 1. The van der Waals surface area contributed by atoms with Crippen molar-refractivity contribution in [3.05, 3.63) is 30.1 Å². The summed E-state index contributed by atoms with van der Waals surface area (Å²) < 4.78 is 0. The average Bonchev–Trinajstić information content (AvgIpc) is 2.05. The number of Topliss-reactive ketones (excluding diaryl/α,β-unsaturated/α-hetero) is 1. The van der Waals surface area contributed by atoms with E-state index in [9.17, 15) is 4.79 Å². The van der Waals surface area contributed by atoms with Crippen LogP contribution in [-0.2, 0) is 4.79 Å². The van der Waals surface area contributed by atoms with Gasteiger partial charge in [0.25, 0.3) is 0 Å². The number of nitrogens with two attached hydrogens (primary N) is 1. The summed E-state index contributed by atoms with van der Waals surface area (Å²) in [4.78, 5) is 14.6. The van der Waals surface area contributed by atoms with Gasteiger partial charge in [-0.2, -0.15) is 0 Å². The van der Waals surface area contributed by atoms with Crippen molar-refractivity contribution in [1.29, 1.82) is 0 Å². The highest BCUT2D eigenvalue weighted by Crippen LogP contribution is 2.08. The summed E-state index contributed by atoms with van der Waals surface area (Å²) in [6.45, 7) is 1.48. The van der Waals surface area contributed by atoms with Crippen molar-refractivity contribution in [2.45, 2.75) is 13.0 Å². The van der Waals surface area contributed by atoms with Gasteiger partial charge in [0.05, 0.1) is 6.04 Å². The van der Waals surface area contributed by atoms with Crippen molar-refractivity contribution >= 4 is 5.78 Å². The first-order valence-corrected chi connectivity index (χ1v) is 3.38. The maximum absolute atomic E-state index is 10.8. The summed E-state index contributed by atoms with van der Waals surface area (Å²) in [7, 11) is 0. The molecule has 0 amide bonds. The van der Waals surface area contributed by atoms with E-state index in [0.29, 0.717) is 0 Å². The predicted molar refractivity (Wildman–Crippen MR) is 41.8 cm³/mol. The third-order valence-corrected chi connectivity index (χ3v) is 1.50. The maximum atomic E-state index is 10.8. The second-order valence-corrected chi connectivity index (χ2v) is 2.37. The standard InChI is InChI=1S/C8H10N2O/c1-6(11)8(9)7-2-4-10-5-3-7/h2-5,8H,9H2,1H3. The molecule has 0 aliphatic rings. The van der Waals surface area contributed by atoms with E-state index in [1.54, 1.807) is 24.5 Å². The number of carbonyl (C=O) groups excluding carboxylic acids is 1. The van der Waals surface area contributed by atoms with Gasteiger partial charge in [0.1, 0.15) is 0 Å². The Labute approximate surface area is 65.2 Å². The molecule has 1 rings (SSSR count). The molecule has 11 heavy (non-hydrogen) atoms. The molecule has 3 heteroatoms. The highest BCUT2D eigenvalue weighted by molar-refractivity contribution is 5.82. The molecule has 3 nitrogen and oxygen atoms in total. The molecule has 0 aromatic carbocycles. The van der Waals surface area contributed by atoms with E-state index < -0.39 is 6.04 Å². The molecule has 0 aliphatic carbocycles. The zero-order chi connectivity index (χ0) is 8.27. The van der Waals surface area contributed by atoms with Gasteiger partial charge < -0.3 is 5.73 Å². The van der Waals surface area contributed by atoms with Gasteiger partial charge in [-0.1, -0.05) is 0 Å². The minimum Gasteiger partial charge on any atom is -0.318 e. The number of rotatable bonds is 2. The monoisotopic (exact) mass is 150 g/mol. The van der Waals surface area contributed by atoms with Gasteiger partial charge in [-0.25, -0.2) is 0 Å². The molecule has 0 fully saturated rings. The van der Waals surface area contributed by atoms with E-state index in [0.717, 1.165) is 5.56 Å². The molecule has 58 valence electrons. The van der Waals surface area contributed by atoms with Crippen molar-refractivity contribution in [2.75, 3.05) is 0 Å². The van der Waals surface area contributed by atoms with Crippen LogP contribution in [0.25, 0.3) is 0 Å². The second kappa shape index (κ2) is 3.25. The Morgan fingerprint density at radius 2 is 2.09 bits per heavy atom. The van der Waals surface area contributed by atoms with Crippen LogP contribution in [0.5, 0.6) is 0 Å². The van der Waals surface area contributed by atoms with Gasteiger partial charge in [-0.15, -0.1) is 0 Å². The Hall–Kier alpha value is -1.22. The number of nitrogens with zero attached hydrogens (tertiary/aromatic N) is 1. The Bertz CT molecular complexity index is 246. The fourth-order valence-corrected chi connectivity index (χ4v) is 0.805. The van der Waals surface area contributed by atoms with Crippen molar-refractivity contribution in [3.63, 3.8) is 0 Å². The van der Waals surface area contributed by atoms with E-state index in [4.69, 9.17) is 5.73 Å². The Morgan fingerprint density at radius 3 is 2.55 bits per heavy atom. The van der Waals surface area contributed by atoms with Crippen LogP contribution in [0, 0.1) is 0 Å². The average molecular weight is 150 g/mol. The summed E-state index contributed by atoms with van der Waals surface area (Å²) in [5, 5.41) is 0. The lowest BCUT2D eigenvalue weighted by molar-refractivity contribution is -0.118. The zero-order valence-electron chi connectivity index (χ0n) is 6.32. The van der Waals surface area contributed by atoms with E-state index in [1.807, 2.05) is 0 Å². The number of hydrogen-bond acceptors (Lipinski definition) is 3. The normalized spacial score (nSPS) is 12.5. The highest BCUT2D eigenvalue weighted by atomic mass is 16.1. The van der Waals surface area contributed by atoms with E-state index in [-0.39, 0.29) is 5.78 Å². The van der Waals surface area contributed by atoms with Gasteiger partial charge in [0.2, 0.25) is 0 Å². The molecule has 0 bridgehead atoms. The van der Waals surface area contributed by atoms with Crippen LogP contribution in [0.3, 0.4) is 0 Å². The molecule has 1 unspecified atom stereocenters. The van der Waals surface area contributed by atoms with E-state index >= 15 is 0 Å². The molecular weight excluding hydrogens is 140 g/mol. The summed E-state index contributed by atoms with van der Waals surface area (Å²) in [5.74, 6) is -0.0313. The third kappa shape index (κ3) is 1.85. The number of aromatic nitrogens is 1. The smallest absolute Gasteiger partial charge is 0.150 e. The first-order chi connectivity index (χ1) is 5.22. The SMILES string of the molecule is CC(=O)C(N)c1ccncc1. The van der Waals surface area contributed by atoms with Gasteiger partial charge in [-0.3, -0.25) is 9.78 Å². The summed E-state index contributed by atoms with van der Waals surface area (Å²) in [5.41, 5.74) is 6.37. The predicted octanol–water partition coefficient (Wildman–Crippen LogP) is 0.670. The molecule has 1 heterocycles. The van der Waals surface area contributed by atoms with Crippen LogP contribution >= 0.6 is 0 Å². The van der Waals surface area contributed by atoms with Crippen LogP contribution < -0.4 is 5.73 Å². The van der Waals surface area contributed by atoms with Crippen molar-refractivity contribution in [1.82, 2.24) is 4.98 Å². The number of pyridine rings is 1. The Balaban J connectivity index is 2.85. The third-order valence-electron chi connectivity index (χ3n) is 1.50. The van der Waals surface area contributed by atoms with Crippen molar-refractivity contribution < 1.29 is 4.79 Å². The van der Waals surface area contributed by atoms with Gasteiger partial charge in [0.15, 0.2) is 5.78 Å². The molecule has 1 aromatic heterocycles. The zero-order valence-corrected chi connectivity index (χ0v) is 6.32. The molecule has 0 spiro atoms. The molecule has 1 atom stereocenters. The fourth-order valence-electron chi connectivity index (χ4n) is 0.805. The molecule has 1 aromatic rings. The first kappa shape index (κ1) is 7.88. The van der Waals surface area contributed by atoms with Crippen molar-refractivity contribution in [3.8, 4) is 0 Å². The number of ketones is 1. The lowest BCUT2D eigenvalue weighted by Crippen LogP contribution is -2.18. The lowest BCUT2D eigenvalue weighted by Gasteiger charge is -2.05. The largest absolute Gasteiger partial charge is 0.318 e. The molecule has 0 saturated heterocycles. The van der Waals surface area contributed by atoms with Gasteiger partial charge in [-0.05, 0) is 24.6 Å². The summed E-state index contributed by atoms with van der Waals surface area (Å²) >= 11 is 0. The van der Waals surface area contributed by atoms with E-state index in [1.165, 1.54) is 6.92 Å². The summed E-state index contributed by atoms with van der Waals surface area (Å²) in [6, 6.07) is 2.98. The minimum atomic E-state index is -0.502. The van der Waals surface area contributed by atoms with Crippen LogP contribution in [0.1, 0.15) is 18.5 Å². The first-order valence-electron chi connectivity index (χ1n) is 3.38. The molecule has 0 radical (unpaired) electrons. The lowest BCUT2D eigenvalue weighted by atomic mass is 10.1. The molecule has 0 saturated carbocycles. The highest BCUT2D eigenvalue weighted by Gasteiger charge is 2.09. The minimum absolute atomic E-state index is 0.0313.